The molecular formula is C20H35BN4O6. The van der Waals surface area contributed by atoms with Crippen molar-refractivity contribution in [2.75, 3.05) is 6.54 Å². The summed E-state index contributed by atoms with van der Waals surface area (Å²) in [5.41, 5.74) is 5.74. The van der Waals surface area contributed by atoms with Gasteiger partial charge in [-0.3, -0.25) is 4.90 Å². The van der Waals surface area contributed by atoms with Crippen LogP contribution >= 0.6 is 0 Å². The second-order valence-electron chi connectivity index (χ2n) is 10.4. The van der Waals surface area contributed by atoms with Gasteiger partial charge in [0.25, 0.3) is 0 Å². The average Bonchev–Trinajstić information content (AvgIpc) is 3.06. The lowest BCUT2D eigenvalue weighted by Crippen LogP contribution is -2.54. The molecule has 2 atom stereocenters. The van der Waals surface area contributed by atoms with Gasteiger partial charge < -0.3 is 19.2 Å². The molecule has 0 bridgehead atoms. The summed E-state index contributed by atoms with van der Waals surface area (Å²) in [5.74, 6) is -1.12. The van der Waals surface area contributed by atoms with E-state index in [1.807, 2.05) is 27.7 Å². The summed E-state index contributed by atoms with van der Waals surface area (Å²) in [6.45, 7) is 13.1. The fourth-order valence-electron chi connectivity index (χ4n) is 4.02. The molecule has 174 valence electrons. The van der Waals surface area contributed by atoms with Gasteiger partial charge in [0.1, 0.15) is 11.1 Å². The van der Waals surface area contributed by atoms with E-state index in [1.54, 1.807) is 20.8 Å². The van der Waals surface area contributed by atoms with Crippen LogP contribution < -0.4 is 0 Å². The molecule has 2 fully saturated rings. The summed E-state index contributed by atoms with van der Waals surface area (Å²) in [4.78, 5) is 29.1. The monoisotopic (exact) mass is 438 g/mol. The third-order valence-electron chi connectivity index (χ3n) is 6.29. The Bertz CT molecular complexity index is 730. The Labute approximate surface area is 184 Å². The molecule has 0 saturated carbocycles. The summed E-state index contributed by atoms with van der Waals surface area (Å²) in [6.07, 6.45) is 1.39. The number of nitrogens with zero attached hydrogens (tertiary/aromatic N) is 4. The first kappa shape index (κ1) is 25.3. The molecule has 0 aliphatic carbocycles. The number of hydrogen-bond acceptors (Lipinski definition) is 6. The van der Waals surface area contributed by atoms with Crippen LogP contribution in [-0.2, 0) is 18.8 Å². The number of unbranched alkanes of at least 4 members (excludes halogenated alkanes) is 1. The summed E-state index contributed by atoms with van der Waals surface area (Å²) < 4.78 is 17.4. The van der Waals surface area contributed by atoms with Gasteiger partial charge in [-0.2, -0.15) is 0 Å². The Morgan fingerprint density at radius 1 is 1.23 bits per heavy atom. The van der Waals surface area contributed by atoms with Crippen molar-refractivity contribution in [1.82, 2.24) is 4.90 Å². The van der Waals surface area contributed by atoms with Gasteiger partial charge in [0, 0.05) is 11.5 Å². The summed E-state index contributed by atoms with van der Waals surface area (Å²) in [7, 11) is -0.354. The number of carbonyl (C=O) groups excluding carboxylic acids is 1. The molecule has 2 unspecified atom stereocenters. The molecule has 2 aliphatic heterocycles. The number of hydrogen-bond donors (Lipinski definition) is 1. The van der Waals surface area contributed by atoms with E-state index in [1.165, 1.54) is 4.90 Å². The van der Waals surface area contributed by atoms with Gasteiger partial charge in [0.05, 0.1) is 17.2 Å². The number of carboxylic acids is 1. The zero-order chi connectivity index (χ0) is 23.7. The summed E-state index contributed by atoms with van der Waals surface area (Å²) in [5, 5.41) is 13.8. The highest BCUT2D eigenvalue weighted by molar-refractivity contribution is 6.45. The van der Waals surface area contributed by atoms with Crippen molar-refractivity contribution < 1.29 is 28.7 Å². The van der Waals surface area contributed by atoms with Gasteiger partial charge in [-0.05, 0) is 73.2 Å². The van der Waals surface area contributed by atoms with E-state index in [0.29, 0.717) is 19.2 Å². The highest BCUT2D eigenvalue weighted by Crippen LogP contribution is 2.40. The lowest BCUT2D eigenvalue weighted by molar-refractivity contribution is -0.150. The predicted molar refractivity (Wildman–Crippen MR) is 116 cm³/mol. The average molecular weight is 438 g/mol. The highest BCUT2D eigenvalue weighted by Gasteiger charge is 2.54. The molecular weight excluding hydrogens is 403 g/mol. The number of azide groups is 1. The Balaban J connectivity index is 2.08. The Kier molecular flexibility index (Phi) is 7.25. The zero-order valence-corrected chi connectivity index (χ0v) is 19.7. The second kappa shape index (κ2) is 8.88. The molecule has 11 heteroatoms. The largest absolute Gasteiger partial charge is 0.479 e. The van der Waals surface area contributed by atoms with Crippen LogP contribution in [-0.4, -0.2) is 64.1 Å². The molecule has 10 nitrogen and oxygen atoms in total. The molecule has 2 aliphatic rings. The lowest BCUT2D eigenvalue weighted by Gasteiger charge is -2.35. The van der Waals surface area contributed by atoms with Crippen molar-refractivity contribution >= 4 is 19.2 Å². The number of likely N-dealkylation sites (tertiary alicyclic amines) is 1. The molecule has 0 aromatic heterocycles. The summed E-state index contributed by atoms with van der Waals surface area (Å²) in [6, 6.07) is -0.614. The van der Waals surface area contributed by atoms with E-state index < -0.39 is 40.4 Å². The van der Waals surface area contributed by atoms with Crippen molar-refractivity contribution in [1.29, 1.82) is 0 Å². The third kappa shape index (κ3) is 5.64. The van der Waals surface area contributed by atoms with Crippen LogP contribution in [0.5, 0.6) is 0 Å². The van der Waals surface area contributed by atoms with Crippen molar-refractivity contribution in [3.8, 4) is 0 Å². The van der Waals surface area contributed by atoms with Crippen LogP contribution in [0.3, 0.4) is 0 Å². The molecule has 2 saturated heterocycles. The molecule has 2 rings (SSSR count). The van der Waals surface area contributed by atoms with E-state index in [-0.39, 0.29) is 26.5 Å². The fraction of sp³-hybridized carbons (Fsp3) is 0.900. The predicted octanol–water partition coefficient (Wildman–Crippen LogP) is 4.39. The molecule has 0 radical (unpaired) electrons. The summed E-state index contributed by atoms with van der Waals surface area (Å²) >= 11 is 0. The maximum absolute atomic E-state index is 12.8. The number of ether oxygens (including phenoxy) is 1. The van der Waals surface area contributed by atoms with Crippen molar-refractivity contribution in [3.05, 3.63) is 10.4 Å². The number of carboxylic acid groups (broad SMARTS) is 1. The molecule has 31 heavy (non-hydrogen) atoms. The van der Waals surface area contributed by atoms with E-state index >= 15 is 0 Å². The van der Waals surface area contributed by atoms with Gasteiger partial charge in [-0.25, -0.2) is 9.59 Å². The Hall–Kier alpha value is -1.97. The van der Waals surface area contributed by atoms with Gasteiger partial charge in [-0.1, -0.05) is 18.0 Å². The lowest BCUT2D eigenvalue weighted by atomic mass is 9.80. The Morgan fingerprint density at radius 3 is 2.29 bits per heavy atom. The fourth-order valence-corrected chi connectivity index (χ4v) is 4.02. The van der Waals surface area contributed by atoms with E-state index in [9.17, 15) is 14.7 Å². The molecule has 0 spiro atoms. The van der Waals surface area contributed by atoms with E-state index in [4.69, 9.17) is 19.6 Å². The normalized spacial score (nSPS) is 27.1. The third-order valence-corrected chi connectivity index (χ3v) is 6.29. The van der Waals surface area contributed by atoms with Crippen LogP contribution in [0.2, 0.25) is 6.32 Å². The number of aliphatic carboxylic acids is 1. The minimum atomic E-state index is -1.48. The van der Waals surface area contributed by atoms with Crippen molar-refractivity contribution in [2.45, 2.75) is 109 Å². The SMILES string of the molecule is CC(C)(C)OC(=O)N1CC(N=[N+]=[N-])CC1(CCCCB1OC(C)(C)C(C)(C)O1)C(=O)O. The maximum Gasteiger partial charge on any atom is 0.457 e. The first-order valence-electron chi connectivity index (χ1n) is 10.8. The zero-order valence-electron chi connectivity index (χ0n) is 19.7. The molecule has 0 aromatic carbocycles. The number of amides is 1. The van der Waals surface area contributed by atoms with Gasteiger partial charge >= 0.3 is 19.2 Å². The van der Waals surface area contributed by atoms with Crippen LogP contribution in [0.25, 0.3) is 10.4 Å². The van der Waals surface area contributed by atoms with Crippen LogP contribution in [0.4, 0.5) is 4.79 Å². The van der Waals surface area contributed by atoms with Crippen molar-refractivity contribution in [2.24, 2.45) is 5.11 Å². The van der Waals surface area contributed by atoms with E-state index in [0.717, 1.165) is 0 Å². The van der Waals surface area contributed by atoms with Crippen LogP contribution in [0.15, 0.2) is 5.11 Å². The van der Waals surface area contributed by atoms with Gasteiger partial charge in [-0.15, -0.1) is 0 Å². The number of carbonyl (C=O) groups is 2. The minimum Gasteiger partial charge on any atom is -0.479 e. The first-order chi connectivity index (χ1) is 14.1. The van der Waals surface area contributed by atoms with Crippen LogP contribution in [0.1, 0.15) is 74.1 Å². The topological polar surface area (TPSA) is 134 Å². The molecule has 1 N–H and O–H groups in total. The smallest absolute Gasteiger partial charge is 0.457 e. The first-order valence-corrected chi connectivity index (χ1v) is 10.8. The quantitative estimate of drug-likeness (QED) is 0.206. The highest BCUT2D eigenvalue weighted by atomic mass is 16.7. The van der Waals surface area contributed by atoms with Gasteiger partial charge in [0.2, 0.25) is 0 Å². The maximum atomic E-state index is 12.8. The molecule has 0 aromatic rings. The minimum absolute atomic E-state index is 0.0164. The van der Waals surface area contributed by atoms with Crippen molar-refractivity contribution in [3.63, 3.8) is 0 Å². The van der Waals surface area contributed by atoms with Gasteiger partial charge in [0.15, 0.2) is 0 Å². The molecule has 2 heterocycles. The van der Waals surface area contributed by atoms with E-state index in [2.05, 4.69) is 10.0 Å². The second-order valence-corrected chi connectivity index (χ2v) is 10.4. The standard InChI is InChI=1S/C20H35BN4O6/c1-17(2,3)29-16(28)25-13-14(23-24-22)12-20(25,15(26)27)10-8-9-11-21-30-18(4,5)19(6,7)31-21/h14H,8-13H2,1-7H3,(H,26,27). The molecule has 1 amide bonds. The number of rotatable bonds is 7. The van der Waals surface area contributed by atoms with Crippen LogP contribution in [0, 0.1) is 0 Å². The Morgan fingerprint density at radius 2 is 1.81 bits per heavy atom.